The highest BCUT2D eigenvalue weighted by atomic mass is 16.6. The highest BCUT2D eigenvalue weighted by molar-refractivity contribution is 6.02. The summed E-state index contributed by atoms with van der Waals surface area (Å²) < 4.78 is 12.6. The molecule has 166 valence electrons. The van der Waals surface area contributed by atoms with Crippen LogP contribution < -0.4 is 5.32 Å². The van der Waals surface area contributed by atoms with E-state index in [1.54, 1.807) is 0 Å². The summed E-state index contributed by atoms with van der Waals surface area (Å²) in [5.74, 6) is 0.00597. The molecular weight excluding hydrogens is 400 g/mol. The van der Waals surface area contributed by atoms with E-state index >= 15 is 0 Å². The summed E-state index contributed by atoms with van der Waals surface area (Å²) in [5, 5.41) is 5.30. The maximum Gasteiger partial charge on any atom is 0.238 e. The minimum absolute atomic E-state index is 0.00597. The van der Waals surface area contributed by atoms with Crippen molar-refractivity contribution in [1.29, 1.82) is 0 Å². The second-order valence-electron chi connectivity index (χ2n) is 8.86. The van der Waals surface area contributed by atoms with Crippen LogP contribution in [-0.2, 0) is 20.9 Å². The third kappa shape index (κ3) is 4.56. The Morgan fingerprint density at radius 2 is 1.84 bits per heavy atom. The predicted octanol–water partition coefficient (Wildman–Crippen LogP) is 4.62. The first-order valence-corrected chi connectivity index (χ1v) is 11.5. The van der Waals surface area contributed by atoms with E-state index in [4.69, 9.17) is 9.47 Å². The number of fused-ring (bicyclic) bond motifs is 1. The van der Waals surface area contributed by atoms with Crippen molar-refractivity contribution in [2.24, 2.45) is 0 Å². The molecule has 0 bridgehead atoms. The van der Waals surface area contributed by atoms with Gasteiger partial charge in [0.05, 0.1) is 24.9 Å². The Kier molecular flexibility index (Phi) is 6.21. The van der Waals surface area contributed by atoms with E-state index in [0.717, 1.165) is 54.4 Å². The quantitative estimate of drug-likeness (QED) is 0.620. The Balaban J connectivity index is 1.24. The van der Waals surface area contributed by atoms with Gasteiger partial charge in [-0.1, -0.05) is 66.7 Å². The lowest BCUT2D eigenvalue weighted by molar-refractivity contribution is -0.159. The molecule has 3 aromatic rings. The first kappa shape index (κ1) is 21.1. The SMILES string of the molecule is O=C(CN1CCC2(CCCO2)C(OCc2ccccc2)C1)Nc1cccc2ccccc12. The van der Waals surface area contributed by atoms with E-state index in [2.05, 4.69) is 34.5 Å². The largest absolute Gasteiger partial charge is 0.372 e. The van der Waals surface area contributed by atoms with Crippen molar-refractivity contribution in [2.45, 2.75) is 37.6 Å². The van der Waals surface area contributed by atoms with Crippen molar-refractivity contribution in [1.82, 2.24) is 4.90 Å². The Morgan fingerprint density at radius 3 is 2.69 bits per heavy atom. The third-order valence-corrected chi connectivity index (χ3v) is 6.72. The van der Waals surface area contributed by atoms with Crippen molar-refractivity contribution in [2.75, 3.05) is 31.6 Å². The van der Waals surface area contributed by atoms with Gasteiger partial charge in [0.25, 0.3) is 0 Å². The van der Waals surface area contributed by atoms with E-state index in [1.807, 2.05) is 48.5 Å². The number of nitrogens with one attached hydrogen (secondary N) is 1. The van der Waals surface area contributed by atoms with Gasteiger partial charge in [-0.05, 0) is 36.3 Å². The first-order chi connectivity index (χ1) is 15.7. The Bertz CT molecular complexity index is 1060. The van der Waals surface area contributed by atoms with Gasteiger partial charge in [0.1, 0.15) is 0 Å². The van der Waals surface area contributed by atoms with Crippen LogP contribution in [0, 0.1) is 0 Å². The standard InChI is InChI=1S/C27H30N2O3/c30-26(28-24-13-6-11-22-10-4-5-12-23(22)24)19-29-16-15-27(14-7-17-32-27)25(18-29)31-20-21-8-2-1-3-9-21/h1-6,8-13,25H,7,14-20H2,(H,28,30). The Morgan fingerprint density at radius 1 is 1.03 bits per heavy atom. The molecule has 1 amide bonds. The number of hydrogen-bond acceptors (Lipinski definition) is 4. The lowest BCUT2D eigenvalue weighted by Gasteiger charge is -2.44. The molecule has 2 heterocycles. The van der Waals surface area contributed by atoms with E-state index < -0.39 is 0 Å². The minimum Gasteiger partial charge on any atom is -0.372 e. The van der Waals surface area contributed by atoms with Gasteiger partial charge in [-0.3, -0.25) is 9.69 Å². The summed E-state index contributed by atoms with van der Waals surface area (Å²) in [5.41, 5.74) is 1.81. The van der Waals surface area contributed by atoms with Crippen LogP contribution in [0.15, 0.2) is 72.8 Å². The predicted molar refractivity (Wildman–Crippen MR) is 127 cm³/mol. The number of anilines is 1. The molecule has 0 radical (unpaired) electrons. The molecule has 5 heteroatoms. The molecule has 5 nitrogen and oxygen atoms in total. The highest BCUT2D eigenvalue weighted by Crippen LogP contribution is 2.38. The summed E-state index contributed by atoms with van der Waals surface area (Å²) in [6.07, 6.45) is 2.97. The molecule has 1 N–H and O–H groups in total. The van der Waals surface area contributed by atoms with E-state index in [1.165, 1.54) is 0 Å². The topological polar surface area (TPSA) is 50.8 Å². The van der Waals surface area contributed by atoms with E-state index in [0.29, 0.717) is 19.7 Å². The normalized spacial score (nSPS) is 23.6. The second-order valence-corrected chi connectivity index (χ2v) is 8.86. The van der Waals surface area contributed by atoms with Gasteiger partial charge in [0.2, 0.25) is 5.91 Å². The summed E-state index contributed by atoms with van der Waals surface area (Å²) in [4.78, 5) is 15.1. The average Bonchev–Trinajstić information content (AvgIpc) is 3.30. The molecule has 32 heavy (non-hydrogen) atoms. The van der Waals surface area contributed by atoms with Gasteiger partial charge in [-0.15, -0.1) is 0 Å². The minimum atomic E-state index is -0.211. The number of hydrogen-bond donors (Lipinski definition) is 1. The average molecular weight is 431 g/mol. The zero-order valence-corrected chi connectivity index (χ0v) is 18.3. The fourth-order valence-electron chi connectivity index (χ4n) is 5.02. The first-order valence-electron chi connectivity index (χ1n) is 11.5. The summed E-state index contributed by atoms with van der Waals surface area (Å²) in [7, 11) is 0. The van der Waals surface area contributed by atoms with Gasteiger partial charge < -0.3 is 14.8 Å². The molecule has 2 saturated heterocycles. The molecular formula is C27H30N2O3. The molecule has 0 aliphatic carbocycles. The molecule has 5 rings (SSSR count). The van der Waals surface area contributed by atoms with Crippen LogP contribution in [0.1, 0.15) is 24.8 Å². The van der Waals surface area contributed by atoms with Crippen LogP contribution in [0.5, 0.6) is 0 Å². The summed E-state index contributed by atoms with van der Waals surface area (Å²) in [6, 6.07) is 24.4. The van der Waals surface area contributed by atoms with Crippen LogP contribution in [0.4, 0.5) is 5.69 Å². The van der Waals surface area contributed by atoms with Crippen molar-refractivity contribution in [3.8, 4) is 0 Å². The van der Waals surface area contributed by atoms with Gasteiger partial charge in [-0.2, -0.15) is 0 Å². The number of rotatable bonds is 6. The highest BCUT2D eigenvalue weighted by Gasteiger charge is 2.47. The molecule has 0 saturated carbocycles. The van der Waals surface area contributed by atoms with Crippen molar-refractivity contribution in [3.05, 3.63) is 78.4 Å². The third-order valence-electron chi connectivity index (χ3n) is 6.72. The fraction of sp³-hybridized carbons (Fsp3) is 0.370. The zero-order chi connectivity index (χ0) is 21.8. The zero-order valence-electron chi connectivity index (χ0n) is 18.3. The Hall–Kier alpha value is -2.73. The number of carbonyl (C=O) groups is 1. The number of piperidine rings is 1. The number of carbonyl (C=O) groups excluding carboxylic acids is 1. The molecule has 2 unspecified atom stereocenters. The van der Waals surface area contributed by atoms with Crippen molar-refractivity contribution in [3.63, 3.8) is 0 Å². The Labute approximate surface area is 189 Å². The molecule has 3 aromatic carbocycles. The van der Waals surface area contributed by atoms with Gasteiger partial charge in [0, 0.05) is 30.8 Å². The van der Waals surface area contributed by atoms with Gasteiger partial charge >= 0.3 is 0 Å². The van der Waals surface area contributed by atoms with Gasteiger partial charge in [0.15, 0.2) is 0 Å². The lowest BCUT2D eigenvalue weighted by Crippen LogP contribution is -2.57. The maximum absolute atomic E-state index is 12.9. The van der Waals surface area contributed by atoms with E-state index in [9.17, 15) is 4.79 Å². The van der Waals surface area contributed by atoms with Crippen LogP contribution in [0.25, 0.3) is 10.8 Å². The summed E-state index contributed by atoms with van der Waals surface area (Å²) >= 11 is 0. The molecule has 0 aromatic heterocycles. The van der Waals surface area contributed by atoms with Gasteiger partial charge in [-0.25, -0.2) is 0 Å². The van der Waals surface area contributed by atoms with Crippen molar-refractivity contribution >= 4 is 22.4 Å². The maximum atomic E-state index is 12.9. The van der Waals surface area contributed by atoms with E-state index in [-0.39, 0.29) is 17.6 Å². The lowest BCUT2D eigenvalue weighted by atomic mass is 9.85. The number of amides is 1. The number of nitrogens with zero attached hydrogens (tertiary/aromatic N) is 1. The molecule has 2 aliphatic heterocycles. The van der Waals surface area contributed by atoms with Crippen LogP contribution in [0.2, 0.25) is 0 Å². The van der Waals surface area contributed by atoms with Crippen LogP contribution in [-0.4, -0.2) is 48.8 Å². The van der Waals surface area contributed by atoms with Crippen molar-refractivity contribution < 1.29 is 14.3 Å². The molecule has 1 spiro atoms. The fourth-order valence-corrected chi connectivity index (χ4v) is 5.02. The van der Waals surface area contributed by atoms with Crippen LogP contribution >= 0.6 is 0 Å². The molecule has 2 aliphatic rings. The molecule has 2 fully saturated rings. The number of benzene rings is 3. The second kappa shape index (κ2) is 9.41. The number of ether oxygens (including phenoxy) is 2. The molecule has 2 atom stereocenters. The smallest absolute Gasteiger partial charge is 0.238 e. The monoisotopic (exact) mass is 430 g/mol. The summed E-state index contributed by atoms with van der Waals surface area (Å²) in [6.45, 7) is 3.26. The van der Waals surface area contributed by atoms with Crippen LogP contribution in [0.3, 0.4) is 0 Å². The number of likely N-dealkylation sites (tertiary alicyclic amines) is 1.